The van der Waals surface area contributed by atoms with Crippen molar-refractivity contribution in [1.82, 2.24) is 14.7 Å². The third-order valence-corrected chi connectivity index (χ3v) is 7.45. The molecule has 2 aromatic carbocycles. The van der Waals surface area contributed by atoms with Gasteiger partial charge in [-0.1, -0.05) is 36.4 Å². The standard InChI is InChI=1S/C28H38F2N4O2/c1-2-36-26-10-6-9-24(29)23(26)19-33-15-17-34(18-16-33)28(35)27(31)22-11-13-32(14-12-22)20-25(30)21-7-4-3-5-8-21/h3-10,22,25,27H,2,11-20,31H2,1H3/t25?,27-/m1/s1. The summed E-state index contributed by atoms with van der Waals surface area (Å²) in [6, 6.07) is 13.6. The van der Waals surface area contributed by atoms with Crippen LogP contribution >= 0.6 is 0 Å². The molecule has 2 N–H and O–H groups in total. The van der Waals surface area contributed by atoms with Crippen LogP contribution in [-0.4, -0.2) is 79.1 Å². The Balaban J connectivity index is 1.22. The Morgan fingerprint density at radius 1 is 1.00 bits per heavy atom. The summed E-state index contributed by atoms with van der Waals surface area (Å²) in [6.45, 7) is 7.15. The van der Waals surface area contributed by atoms with E-state index in [2.05, 4.69) is 9.80 Å². The molecule has 2 fully saturated rings. The Morgan fingerprint density at radius 2 is 1.69 bits per heavy atom. The summed E-state index contributed by atoms with van der Waals surface area (Å²) in [6.07, 6.45) is 0.576. The minimum absolute atomic E-state index is 0.0124. The van der Waals surface area contributed by atoms with Crippen molar-refractivity contribution < 1.29 is 18.3 Å². The number of halogens is 2. The predicted octanol–water partition coefficient (Wildman–Crippen LogP) is 3.62. The maximum absolute atomic E-state index is 14.6. The van der Waals surface area contributed by atoms with Gasteiger partial charge in [-0.25, -0.2) is 8.78 Å². The van der Waals surface area contributed by atoms with Crippen molar-refractivity contribution in [3.63, 3.8) is 0 Å². The number of piperidine rings is 1. The summed E-state index contributed by atoms with van der Waals surface area (Å²) in [5.41, 5.74) is 7.69. The molecule has 1 unspecified atom stereocenters. The summed E-state index contributed by atoms with van der Waals surface area (Å²) in [7, 11) is 0. The highest BCUT2D eigenvalue weighted by atomic mass is 19.1. The molecule has 196 valence electrons. The van der Waals surface area contributed by atoms with Gasteiger partial charge >= 0.3 is 0 Å². The zero-order valence-electron chi connectivity index (χ0n) is 21.1. The molecule has 0 aliphatic carbocycles. The fraction of sp³-hybridized carbons (Fsp3) is 0.536. The number of ether oxygens (including phenoxy) is 1. The Hall–Kier alpha value is -2.55. The molecule has 0 bridgehead atoms. The van der Waals surface area contributed by atoms with Crippen LogP contribution in [0.25, 0.3) is 0 Å². The topological polar surface area (TPSA) is 62.0 Å². The van der Waals surface area contributed by atoms with E-state index in [1.165, 1.54) is 6.07 Å². The van der Waals surface area contributed by atoms with Crippen LogP contribution in [0.3, 0.4) is 0 Å². The van der Waals surface area contributed by atoms with Crippen molar-refractivity contribution in [2.75, 3.05) is 52.4 Å². The van der Waals surface area contributed by atoms with Gasteiger partial charge in [-0.3, -0.25) is 9.69 Å². The van der Waals surface area contributed by atoms with Crippen LogP contribution in [0.4, 0.5) is 8.78 Å². The molecule has 36 heavy (non-hydrogen) atoms. The van der Waals surface area contributed by atoms with Crippen molar-refractivity contribution in [3.8, 4) is 5.75 Å². The molecule has 8 heteroatoms. The van der Waals surface area contributed by atoms with Crippen molar-refractivity contribution in [1.29, 1.82) is 0 Å². The Bertz CT molecular complexity index is 977. The van der Waals surface area contributed by atoms with Crippen molar-refractivity contribution in [3.05, 3.63) is 65.5 Å². The highest BCUT2D eigenvalue weighted by Crippen LogP contribution is 2.26. The molecule has 2 heterocycles. The molecule has 0 spiro atoms. The van der Waals surface area contributed by atoms with E-state index >= 15 is 0 Å². The van der Waals surface area contributed by atoms with E-state index in [9.17, 15) is 13.6 Å². The van der Waals surface area contributed by atoms with Gasteiger partial charge in [-0.05, 0) is 56.5 Å². The van der Waals surface area contributed by atoms with Crippen LogP contribution in [0.1, 0.15) is 37.1 Å². The number of hydrogen-bond donors (Lipinski definition) is 1. The maximum Gasteiger partial charge on any atom is 0.239 e. The van der Waals surface area contributed by atoms with Gasteiger partial charge in [0.2, 0.25) is 5.91 Å². The fourth-order valence-corrected chi connectivity index (χ4v) is 5.23. The Kier molecular flexibility index (Phi) is 9.29. The number of nitrogens with zero attached hydrogens (tertiary/aromatic N) is 3. The smallest absolute Gasteiger partial charge is 0.239 e. The van der Waals surface area contributed by atoms with Gasteiger partial charge in [-0.15, -0.1) is 0 Å². The summed E-state index contributed by atoms with van der Waals surface area (Å²) >= 11 is 0. The lowest BCUT2D eigenvalue weighted by Gasteiger charge is -2.39. The number of amides is 1. The van der Waals surface area contributed by atoms with E-state index in [4.69, 9.17) is 10.5 Å². The molecular formula is C28H38F2N4O2. The maximum atomic E-state index is 14.6. The Morgan fingerprint density at radius 3 is 2.36 bits per heavy atom. The number of alkyl halides is 1. The predicted molar refractivity (Wildman–Crippen MR) is 137 cm³/mol. The minimum Gasteiger partial charge on any atom is -0.493 e. The van der Waals surface area contributed by atoms with E-state index in [-0.39, 0.29) is 17.6 Å². The lowest BCUT2D eigenvalue weighted by Crippen LogP contribution is -2.55. The van der Waals surface area contributed by atoms with Crippen LogP contribution in [0, 0.1) is 11.7 Å². The quantitative estimate of drug-likeness (QED) is 0.570. The van der Waals surface area contributed by atoms with Crippen LogP contribution in [0.2, 0.25) is 0 Å². The van der Waals surface area contributed by atoms with Gasteiger partial charge in [0.05, 0.1) is 12.6 Å². The number of carbonyl (C=O) groups excluding carboxylic acids is 1. The summed E-state index contributed by atoms with van der Waals surface area (Å²) in [5.74, 6) is 0.401. The number of nitrogens with two attached hydrogens (primary N) is 1. The largest absolute Gasteiger partial charge is 0.493 e. The van der Waals surface area contributed by atoms with E-state index in [0.29, 0.717) is 62.8 Å². The average molecular weight is 501 g/mol. The molecule has 0 radical (unpaired) electrons. The first kappa shape index (κ1) is 26.5. The summed E-state index contributed by atoms with van der Waals surface area (Å²) in [4.78, 5) is 19.2. The molecule has 2 saturated heterocycles. The van der Waals surface area contributed by atoms with Gasteiger partial charge in [-0.2, -0.15) is 0 Å². The second kappa shape index (κ2) is 12.6. The number of hydrogen-bond acceptors (Lipinski definition) is 5. The molecule has 2 atom stereocenters. The fourth-order valence-electron chi connectivity index (χ4n) is 5.23. The van der Waals surface area contributed by atoms with E-state index in [0.717, 1.165) is 25.9 Å². The van der Waals surface area contributed by atoms with Gasteiger partial charge in [0, 0.05) is 44.8 Å². The molecule has 0 saturated carbocycles. The molecule has 0 aromatic heterocycles. The molecule has 6 nitrogen and oxygen atoms in total. The van der Waals surface area contributed by atoms with Crippen LogP contribution in [0.5, 0.6) is 5.75 Å². The zero-order valence-corrected chi connectivity index (χ0v) is 21.1. The number of carbonyl (C=O) groups is 1. The van der Waals surface area contributed by atoms with Crippen LogP contribution < -0.4 is 10.5 Å². The first-order chi connectivity index (χ1) is 17.5. The first-order valence-corrected chi connectivity index (χ1v) is 13.0. The number of likely N-dealkylation sites (tertiary alicyclic amines) is 1. The van der Waals surface area contributed by atoms with Gasteiger partial charge in [0.15, 0.2) is 0 Å². The van der Waals surface area contributed by atoms with Crippen molar-refractivity contribution in [2.45, 2.75) is 38.5 Å². The lowest BCUT2D eigenvalue weighted by molar-refractivity contribution is -0.136. The van der Waals surface area contributed by atoms with Gasteiger partial charge in [0.25, 0.3) is 0 Å². The first-order valence-electron chi connectivity index (χ1n) is 13.0. The molecule has 2 aromatic rings. The summed E-state index contributed by atoms with van der Waals surface area (Å²) in [5, 5.41) is 0. The molecule has 2 aliphatic rings. The molecule has 2 aliphatic heterocycles. The highest BCUT2D eigenvalue weighted by molar-refractivity contribution is 5.82. The third-order valence-electron chi connectivity index (χ3n) is 7.45. The Labute approximate surface area is 213 Å². The zero-order chi connectivity index (χ0) is 25.5. The molecule has 4 rings (SSSR count). The summed E-state index contributed by atoms with van der Waals surface area (Å²) < 4.78 is 34.7. The lowest BCUT2D eigenvalue weighted by atomic mass is 9.88. The molecule has 1 amide bonds. The van der Waals surface area contributed by atoms with Crippen LogP contribution in [-0.2, 0) is 11.3 Å². The highest BCUT2D eigenvalue weighted by Gasteiger charge is 2.33. The van der Waals surface area contributed by atoms with E-state index in [1.807, 2.05) is 42.2 Å². The van der Waals surface area contributed by atoms with Crippen molar-refractivity contribution in [2.24, 2.45) is 11.7 Å². The number of benzene rings is 2. The van der Waals surface area contributed by atoms with Gasteiger partial charge in [0.1, 0.15) is 17.7 Å². The second-order valence-electron chi connectivity index (χ2n) is 9.79. The SMILES string of the molecule is CCOc1cccc(F)c1CN1CCN(C(=O)[C@H](N)C2CCN(CC(F)c3ccccc3)CC2)CC1. The monoisotopic (exact) mass is 500 g/mol. The normalized spacial score (nSPS) is 19.7. The van der Waals surface area contributed by atoms with Crippen LogP contribution in [0.15, 0.2) is 48.5 Å². The van der Waals surface area contributed by atoms with Crippen molar-refractivity contribution >= 4 is 5.91 Å². The average Bonchev–Trinajstić information content (AvgIpc) is 2.91. The number of rotatable bonds is 9. The van der Waals surface area contributed by atoms with E-state index < -0.39 is 12.2 Å². The van der Waals surface area contributed by atoms with Gasteiger partial charge < -0.3 is 20.3 Å². The third kappa shape index (κ3) is 6.60. The molecular weight excluding hydrogens is 462 g/mol. The van der Waals surface area contributed by atoms with E-state index in [1.54, 1.807) is 12.1 Å². The second-order valence-corrected chi connectivity index (χ2v) is 9.79. The number of piperazine rings is 1. The minimum atomic E-state index is -1.01.